The molecule has 2 N–H and O–H groups in total. The molecule has 0 saturated heterocycles. The number of nitrogens with one attached hydrogen (secondary N) is 1. The lowest BCUT2D eigenvalue weighted by Gasteiger charge is -2.16. The van der Waals surface area contributed by atoms with Gasteiger partial charge in [0, 0.05) is 11.0 Å². The molecule has 5 nitrogen and oxygen atoms in total. The molecule has 1 atom stereocenters. The zero-order valence-corrected chi connectivity index (χ0v) is 12.6. The highest BCUT2D eigenvalue weighted by molar-refractivity contribution is 9.10. The Kier molecular flexibility index (Phi) is 4.32. The van der Waals surface area contributed by atoms with Crippen LogP contribution in [0.4, 0.5) is 0 Å². The largest absolute Gasteiger partial charge is 0.481 e. The number of benzene rings is 1. The number of hydrogen-bond donors (Lipinski definition) is 2. The highest BCUT2D eigenvalue weighted by Gasteiger charge is 2.50. The maximum atomic E-state index is 11.9. The van der Waals surface area contributed by atoms with Crippen molar-refractivity contribution in [2.24, 2.45) is 5.41 Å². The maximum absolute atomic E-state index is 11.9. The normalized spacial score (nSPS) is 17.1. The van der Waals surface area contributed by atoms with Crippen molar-refractivity contribution in [2.45, 2.75) is 25.9 Å². The summed E-state index contributed by atoms with van der Waals surface area (Å²) in [4.78, 5) is 22.9. The van der Waals surface area contributed by atoms with E-state index in [9.17, 15) is 9.59 Å². The van der Waals surface area contributed by atoms with Crippen molar-refractivity contribution in [3.05, 3.63) is 28.7 Å². The fourth-order valence-electron chi connectivity index (χ4n) is 1.82. The molecule has 0 spiro atoms. The van der Waals surface area contributed by atoms with Gasteiger partial charge in [-0.1, -0.05) is 22.0 Å². The molecular formula is C14H16BrNO4. The fraction of sp³-hybridized carbons (Fsp3) is 0.429. The first-order valence-corrected chi connectivity index (χ1v) is 7.16. The molecule has 0 radical (unpaired) electrons. The fourth-order valence-corrected chi connectivity index (χ4v) is 2.19. The van der Waals surface area contributed by atoms with Gasteiger partial charge in [-0.25, -0.2) is 0 Å². The second-order valence-electron chi connectivity index (χ2n) is 5.02. The van der Waals surface area contributed by atoms with E-state index in [1.165, 1.54) is 0 Å². The topological polar surface area (TPSA) is 75.6 Å². The van der Waals surface area contributed by atoms with Crippen molar-refractivity contribution < 1.29 is 19.4 Å². The lowest BCUT2D eigenvalue weighted by Crippen LogP contribution is -2.41. The van der Waals surface area contributed by atoms with Gasteiger partial charge in [0.15, 0.2) is 6.10 Å². The number of amides is 1. The molecule has 2 rings (SSSR count). The van der Waals surface area contributed by atoms with E-state index >= 15 is 0 Å². The van der Waals surface area contributed by atoms with Crippen LogP contribution in [0.25, 0.3) is 0 Å². The molecule has 1 aromatic rings. The molecule has 20 heavy (non-hydrogen) atoms. The molecule has 108 valence electrons. The number of rotatable bonds is 6. The van der Waals surface area contributed by atoms with Gasteiger partial charge in [0.05, 0.1) is 5.41 Å². The minimum Gasteiger partial charge on any atom is -0.481 e. The van der Waals surface area contributed by atoms with Gasteiger partial charge in [-0.2, -0.15) is 0 Å². The molecule has 0 aromatic heterocycles. The summed E-state index contributed by atoms with van der Waals surface area (Å²) in [7, 11) is 0. The molecule has 0 heterocycles. The molecular weight excluding hydrogens is 326 g/mol. The van der Waals surface area contributed by atoms with Crippen LogP contribution in [0.2, 0.25) is 0 Å². The van der Waals surface area contributed by atoms with Gasteiger partial charge in [0.1, 0.15) is 5.75 Å². The molecule has 1 unspecified atom stereocenters. The van der Waals surface area contributed by atoms with Crippen LogP contribution >= 0.6 is 15.9 Å². The second kappa shape index (κ2) is 5.83. The van der Waals surface area contributed by atoms with Crippen LogP contribution < -0.4 is 10.1 Å². The summed E-state index contributed by atoms with van der Waals surface area (Å²) in [6.45, 7) is 1.80. The number of carbonyl (C=O) groups is 2. The minimum absolute atomic E-state index is 0.160. The highest BCUT2D eigenvalue weighted by Crippen LogP contribution is 2.45. The maximum Gasteiger partial charge on any atom is 0.311 e. The Labute approximate surface area is 125 Å². The van der Waals surface area contributed by atoms with E-state index in [0.29, 0.717) is 18.6 Å². The molecule has 1 aromatic carbocycles. The lowest BCUT2D eigenvalue weighted by molar-refractivity contribution is -0.143. The summed E-state index contributed by atoms with van der Waals surface area (Å²) in [5.41, 5.74) is -0.759. The van der Waals surface area contributed by atoms with Crippen molar-refractivity contribution >= 4 is 27.8 Å². The molecule has 1 saturated carbocycles. The SMILES string of the molecule is CC(Oc1cccc(Br)c1)C(=O)NCC1(C(=O)O)CC1. The van der Waals surface area contributed by atoms with E-state index in [1.807, 2.05) is 12.1 Å². The molecule has 1 fully saturated rings. The van der Waals surface area contributed by atoms with E-state index in [0.717, 1.165) is 4.47 Å². The second-order valence-corrected chi connectivity index (χ2v) is 5.94. The monoisotopic (exact) mass is 341 g/mol. The summed E-state index contributed by atoms with van der Waals surface area (Å²) < 4.78 is 6.38. The third-order valence-corrected chi connectivity index (χ3v) is 3.88. The molecule has 6 heteroatoms. The molecule has 1 amide bonds. The number of aliphatic carboxylic acids is 1. The third-order valence-electron chi connectivity index (χ3n) is 3.39. The van der Waals surface area contributed by atoms with Crippen LogP contribution in [0.1, 0.15) is 19.8 Å². The van der Waals surface area contributed by atoms with Crippen molar-refractivity contribution in [2.75, 3.05) is 6.54 Å². The predicted molar refractivity (Wildman–Crippen MR) is 76.5 cm³/mol. The molecule has 1 aliphatic rings. The summed E-state index contributed by atoms with van der Waals surface area (Å²) in [5.74, 6) is -0.572. The predicted octanol–water partition coefficient (Wildman–Crippen LogP) is 2.20. The Hall–Kier alpha value is -1.56. The van der Waals surface area contributed by atoms with E-state index in [4.69, 9.17) is 9.84 Å². The van der Waals surface area contributed by atoms with Gasteiger partial charge in [-0.3, -0.25) is 9.59 Å². The van der Waals surface area contributed by atoms with Gasteiger partial charge in [0.2, 0.25) is 0 Å². The Balaban J connectivity index is 1.85. The van der Waals surface area contributed by atoms with Gasteiger partial charge in [0.25, 0.3) is 5.91 Å². The van der Waals surface area contributed by atoms with Gasteiger partial charge in [-0.05, 0) is 38.0 Å². The summed E-state index contributed by atoms with van der Waals surface area (Å²) in [6.07, 6.45) is 0.557. The summed E-state index contributed by atoms with van der Waals surface area (Å²) >= 11 is 3.32. The highest BCUT2D eigenvalue weighted by atomic mass is 79.9. The first-order chi connectivity index (χ1) is 9.43. The Morgan fingerprint density at radius 1 is 1.50 bits per heavy atom. The Morgan fingerprint density at radius 2 is 2.20 bits per heavy atom. The van der Waals surface area contributed by atoms with Crippen molar-refractivity contribution in [1.29, 1.82) is 0 Å². The van der Waals surface area contributed by atoms with Crippen LogP contribution in [0, 0.1) is 5.41 Å². The van der Waals surface area contributed by atoms with Crippen molar-refractivity contribution in [3.8, 4) is 5.75 Å². The first-order valence-electron chi connectivity index (χ1n) is 6.36. The molecule has 0 bridgehead atoms. The number of carboxylic acids is 1. The van der Waals surface area contributed by atoms with E-state index in [1.54, 1.807) is 19.1 Å². The van der Waals surface area contributed by atoms with E-state index < -0.39 is 17.5 Å². The van der Waals surface area contributed by atoms with Crippen LogP contribution in [-0.4, -0.2) is 29.6 Å². The zero-order chi connectivity index (χ0) is 14.8. The zero-order valence-electron chi connectivity index (χ0n) is 11.1. The Bertz CT molecular complexity index is 528. The van der Waals surface area contributed by atoms with E-state index in [-0.39, 0.29) is 12.5 Å². The summed E-state index contributed by atoms with van der Waals surface area (Å²) in [6, 6.07) is 7.20. The number of carboxylic acid groups (broad SMARTS) is 1. The van der Waals surface area contributed by atoms with Gasteiger partial charge >= 0.3 is 5.97 Å². The first kappa shape index (κ1) is 14.8. The number of halogens is 1. The summed E-state index contributed by atoms with van der Waals surface area (Å²) in [5, 5.41) is 11.7. The minimum atomic E-state index is -0.849. The van der Waals surface area contributed by atoms with Crippen LogP contribution in [0.5, 0.6) is 5.75 Å². The van der Waals surface area contributed by atoms with Gasteiger partial charge in [-0.15, -0.1) is 0 Å². The number of ether oxygens (including phenoxy) is 1. The van der Waals surface area contributed by atoms with Crippen molar-refractivity contribution in [3.63, 3.8) is 0 Å². The van der Waals surface area contributed by atoms with Crippen molar-refractivity contribution in [1.82, 2.24) is 5.32 Å². The quantitative estimate of drug-likeness (QED) is 0.831. The van der Waals surface area contributed by atoms with Crippen LogP contribution in [-0.2, 0) is 9.59 Å². The standard InChI is InChI=1S/C14H16BrNO4/c1-9(20-11-4-2-3-10(15)7-11)12(17)16-8-14(5-6-14)13(18)19/h2-4,7,9H,5-6,8H2,1H3,(H,16,17)(H,18,19). The smallest absolute Gasteiger partial charge is 0.311 e. The lowest BCUT2D eigenvalue weighted by atomic mass is 10.1. The molecule has 1 aliphatic carbocycles. The average Bonchev–Trinajstić information content (AvgIpc) is 3.17. The average molecular weight is 342 g/mol. The number of carbonyl (C=O) groups excluding carboxylic acids is 1. The van der Waals surface area contributed by atoms with E-state index in [2.05, 4.69) is 21.2 Å². The van der Waals surface area contributed by atoms with Crippen LogP contribution in [0.15, 0.2) is 28.7 Å². The Morgan fingerprint density at radius 3 is 2.75 bits per heavy atom. The van der Waals surface area contributed by atoms with Gasteiger partial charge < -0.3 is 15.2 Å². The third kappa shape index (κ3) is 3.50. The molecule has 0 aliphatic heterocycles. The number of hydrogen-bond acceptors (Lipinski definition) is 3. The van der Waals surface area contributed by atoms with Crippen LogP contribution in [0.3, 0.4) is 0 Å².